The molecular weight excluding hydrogens is 385 g/mol. The van der Waals surface area contributed by atoms with E-state index in [9.17, 15) is 9.18 Å². The Labute approximate surface area is 170 Å². The summed E-state index contributed by atoms with van der Waals surface area (Å²) in [4.78, 5) is 16.5. The van der Waals surface area contributed by atoms with Crippen LogP contribution >= 0.6 is 0 Å². The molecule has 0 radical (unpaired) electrons. The van der Waals surface area contributed by atoms with Gasteiger partial charge >= 0.3 is 0 Å². The Balaban J connectivity index is 1.73. The molecular formula is C22H16FN5O2. The summed E-state index contributed by atoms with van der Waals surface area (Å²) in [6, 6.07) is 15.0. The van der Waals surface area contributed by atoms with Crippen molar-refractivity contribution in [2.45, 2.75) is 0 Å². The van der Waals surface area contributed by atoms with Gasteiger partial charge in [-0.2, -0.15) is 5.10 Å². The van der Waals surface area contributed by atoms with Gasteiger partial charge in [0.25, 0.3) is 0 Å². The van der Waals surface area contributed by atoms with E-state index in [0.29, 0.717) is 17.2 Å². The van der Waals surface area contributed by atoms with E-state index in [-0.39, 0.29) is 16.8 Å². The lowest BCUT2D eigenvalue weighted by molar-refractivity contribution is 0.571. The number of benzene rings is 2. The maximum Gasteiger partial charge on any atom is 0.225 e. The maximum atomic E-state index is 14.8. The zero-order chi connectivity index (χ0) is 20.9. The third-order valence-electron chi connectivity index (χ3n) is 4.24. The summed E-state index contributed by atoms with van der Waals surface area (Å²) in [5.41, 5.74) is 1.38. The van der Waals surface area contributed by atoms with Crippen molar-refractivity contribution < 1.29 is 8.81 Å². The maximum absolute atomic E-state index is 14.8. The van der Waals surface area contributed by atoms with Gasteiger partial charge in [0, 0.05) is 29.7 Å². The molecule has 2 aromatic heterocycles. The summed E-state index contributed by atoms with van der Waals surface area (Å²) < 4.78 is 21.2. The molecule has 148 valence electrons. The quantitative estimate of drug-likeness (QED) is 0.474. The van der Waals surface area contributed by atoms with E-state index in [1.165, 1.54) is 47.6 Å². The number of oxazole rings is 1. The van der Waals surface area contributed by atoms with E-state index in [0.717, 1.165) is 11.9 Å². The van der Waals surface area contributed by atoms with Crippen molar-refractivity contribution in [3.63, 3.8) is 0 Å². The molecule has 0 aliphatic carbocycles. The van der Waals surface area contributed by atoms with Crippen molar-refractivity contribution >= 4 is 17.6 Å². The summed E-state index contributed by atoms with van der Waals surface area (Å²) in [5.74, 6) is -0.251. The lowest BCUT2D eigenvalue weighted by Crippen LogP contribution is -2.18. The predicted octanol–water partition coefficient (Wildman–Crippen LogP) is 4.13. The van der Waals surface area contributed by atoms with Crippen LogP contribution in [0.3, 0.4) is 0 Å². The Morgan fingerprint density at radius 3 is 2.70 bits per heavy atom. The highest BCUT2D eigenvalue weighted by Crippen LogP contribution is 2.22. The fourth-order valence-corrected chi connectivity index (χ4v) is 2.86. The molecule has 2 N–H and O–H groups in total. The zero-order valence-corrected chi connectivity index (χ0v) is 15.6. The third-order valence-corrected chi connectivity index (χ3v) is 4.24. The summed E-state index contributed by atoms with van der Waals surface area (Å²) in [6.45, 7) is 0. The number of halogens is 1. The Bertz CT molecular complexity index is 1260. The fraction of sp³-hybridized carbons (Fsp3) is 0. The van der Waals surface area contributed by atoms with Gasteiger partial charge in [0.05, 0.1) is 11.9 Å². The lowest BCUT2D eigenvalue weighted by Gasteiger charge is -2.12. The summed E-state index contributed by atoms with van der Waals surface area (Å²) in [6.07, 6.45) is 6.75. The number of nitrogens with zero attached hydrogens (tertiary/aromatic N) is 3. The number of aromatic nitrogens is 3. The summed E-state index contributed by atoms with van der Waals surface area (Å²) in [5, 5.41) is 14.8. The van der Waals surface area contributed by atoms with Gasteiger partial charge in [0.2, 0.25) is 11.3 Å². The van der Waals surface area contributed by atoms with Crippen LogP contribution < -0.4 is 10.7 Å². The van der Waals surface area contributed by atoms with Crippen LogP contribution in [0.15, 0.2) is 88.5 Å². The minimum atomic E-state index is -0.554. The molecule has 7 nitrogen and oxygen atoms in total. The van der Waals surface area contributed by atoms with Crippen LogP contribution in [0.2, 0.25) is 0 Å². The average Bonchev–Trinajstić information content (AvgIpc) is 3.30. The molecule has 0 amide bonds. The van der Waals surface area contributed by atoms with Gasteiger partial charge in [-0.05, 0) is 36.4 Å². The molecule has 0 aliphatic heterocycles. The topological polar surface area (TPSA) is 96.8 Å². The lowest BCUT2D eigenvalue weighted by atomic mass is 10.2. The Morgan fingerprint density at radius 1 is 1.17 bits per heavy atom. The summed E-state index contributed by atoms with van der Waals surface area (Å²) >= 11 is 0. The number of hydrogen-bond donors (Lipinski definition) is 2. The second kappa shape index (κ2) is 8.36. The second-order valence-electron chi connectivity index (χ2n) is 6.21. The van der Waals surface area contributed by atoms with Crippen molar-refractivity contribution in [3.8, 4) is 17.1 Å². The van der Waals surface area contributed by atoms with E-state index >= 15 is 0 Å². The van der Waals surface area contributed by atoms with Gasteiger partial charge in [-0.25, -0.2) is 14.1 Å². The van der Waals surface area contributed by atoms with E-state index in [1.807, 2.05) is 30.3 Å². The first kappa shape index (κ1) is 19.0. The Kier molecular flexibility index (Phi) is 5.29. The molecule has 0 aliphatic rings. The first-order valence-electron chi connectivity index (χ1n) is 8.98. The molecule has 0 fully saturated rings. The molecule has 0 bridgehead atoms. The van der Waals surface area contributed by atoms with Crippen molar-refractivity contribution in [2.24, 2.45) is 0 Å². The van der Waals surface area contributed by atoms with Gasteiger partial charge in [-0.3, -0.25) is 4.79 Å². The molecule has 4 rings (SSSR count). The van der Waals surface area contributed by atoms with Crippen molar-refractivity contribution in [1.29, 1.82) is 5.41 Å². The number of rotatable bonds is 6. The first-order chi connectivity index (χ1) is 14.7. The standard InChI is InChI=1S/C22H16FN5O2/c23-17-14-15(22-25-11-13-30-22)6-7-19(17)28-12-9-20(29)21(27-28)18(8-10-24)26-16-4-2-1-3-5-16/h1-14,24,26H/b18-8-,24-10?. The number of anilines is 1. The van der Waals surface area contributed by atoms with E-state index in [2.05, 4.69) is 15.4 Å². The summed E-state index contributed by atoms with van der Waals surface area (Å²) in [7, 11) is 0. The number of para-hydroxylation sites is 1. The Morgan fingerprint density at radius 2 is 2.00 bits per heavy atom. The van der Waals surface area contributed by atoms with Crippen LogP contribution in [0.1, 0.15) is 5.69 Å². The van der Waals surface area contributed by atoms with Gasteiger partial charge in [0.1, 0.15) is 17.8 Å². The van der Waals surface area contributed by atoms with Crippen LogP contribution in [-0.2, 0) is 0 Å². The van der Waals surface area contributed by atoms with Crippen LogP contribution in [0.5, 0.6) is 0 Å². The monoisotopic (exact) mass is 401 g/mol. The molecule has 8 heteroatoms. The minimum Gasteiger partial charge on any atom is -0.445 e. The molecule has 0 unspecified atom stereocenters. The molecule has 30 heavy (non-hydrogen) atoms. The van der Waals surface area contributed by atoms with Gasteiger partial charge < -0.3 is 15.1 Å². The molecule has 2 aromatic carbocycles. The number of allylic oxidation sites excluding steroid dienone is 1. The van der Waals surface area contributed by atoms with E-state index < -0.39 is 5.82 Å². The van der Waals surface area contributed by atoms with Crippen molar-refractivity contribution in [2.75, 3.05) is 5.32 Å². The van der Waals surface area contributed by atoms with Crippen LogP contribution in [0.4, 0.5) is 10.1 Å². The third kappa shape index (κ3) is 3.93. The van der Waals surface area contributed by atoms with Crippen molar-refractivity contribution in [1.82, 2.24) is 14.8 Å². The zero-order valence-electron chi connectivity index (χ0n) is 15.6. The average molecular weight is 401 g/mol. The fourth-order valence-electron chi connectivity index (χ4n) is 2.86. The smallest absolute Gasteiger partial charge is 0.225 e. The van der Waals surface area contributed by atoms with E-state index in [1.54, 1.807) is 6.07 Å². The molecule has 2 heterocycles. The number of hydrogen-bond acceptors (Lipinski definition) is 6. The second-order valence-corrected chi connectivity index (χ2v) is 6.21. The molecule has 0 saturated carbocycles. The molecule has 0 saturated heterocycles. The highest BCUT2D eigenvalue weighted by molar-refractivity contribution is 5.86. The van der Waals surface area contributed by atoms with Crippen LogP contribution in [-0.4, -0.2) is 21.0 Å². The SMILES string of the molecule is N=C/C=C(\Nc1ccccc1)c1nn(-c2ccc(-c3ncco3)cc2F)ccc1=O. The number of nitrogens with one attached hydrogen (secondary N) is 2. The van der Waals surface area contributed by atoms with Gasteiger partial charge in [-0.15, -0.1) is 0 Å². The van der Waals surface area contributed by atoms with Crippen LogP contribution in [0, 0.1) is 11.2 Å². The van der Waals surface area contributed by atoms with Gasteiger partial charge in [-0.1, -0.05) is 18.2 Å². The van der Waals surface area contributed by atoms with E-state index in [4.69, 9.17) is 9.83 Å². The Hall–Kier alpha value is -4.33. The largest absolute Gasteiger partial charge is 0.445 e. The first-order valence-corrected chi connectivity index (χ1v) is 8.98. The highest BCUT2D eigenvalue weighted by atomic mass is 19.1. The highest BCUT2D eigenvalue weighted by Gasteiger charge is 2.13. The minimum absolute atomic E-state index is 0.0565. The predicted molar refractivity (Wildman–Crippen MR) is 112 cm³/mol. The van der Waals surface area contributed by atoms with Gasteiger partial charge in [0.15, 0.2) is 5.69 Å². The normalized spacial score (nSPS) is 11.3. The van der Waals surface area contributed by atoms with Crippen LogP contribution in [0.25, 0.3) is 22.8 Å². The van der Waals surface area contributed by atoms with Crippen molar-refractivity contribution in [3.05, 3.63) is 101 Å². The molecule has 4 aromatic rings. The molecule has 0 atom stereocenters. The molecule has 0 spiro atoms.